The van der Waals surface area contributed by atoms with Crippen molar-refractivity contribution in [3.05, 3.63) is 12.3 Å². The normalized spacial score (nSPS) is 14.8. The third-order valence-corrected chi connectivity index (χ3v) is 1.68. The predicted octanol–water partition coefficient (Wildman–Crippen LogP) is 0.223. The Labute approximate surface area is 52.4 Å². The van der Waals surface area contributed by atoms with Crippen LogP contribution in [0.1, 0.15) is 6.92 Å². The first-order valence-electron chi connectivity index (χ1n) is 2.56. The van der Waals surface area contributed by atoms with Crippen LogP contribution < -0.4 is 0 Å². The molecule has 0 heterocycles. The Morgan fingerprint density at radius 3 is 2.75 bits per heavy atom. The van der Waals surface area contributed by atoms with Gasteiger partial charge in [-0.05, 0) is 6.92 Å². The number of rotatable bonds is 4. The van der Waals surface area contributed by atoms with Crippen molar-refractivity contribution in [2.75, 3.05) is 7.11 Å². The second kappa shape index (κ2) is 5.02. The Morgan fingerprint density at radius 2 is 2.38 bits per heavy atom. The summed E-state index contributed by atoms with van der Waals surface area (Å²) in [6.07, 6.45) is -0.0559. The molecule has 48 valence electrons. The maximum atomic E-state index is 5.14. The van der Waals surface area contributed by atoms with Crippen LogP contribution in [0.15, 0.2) is 12.3 Å². The van der Waals surface area contributed by atoms with Crippen LogP contribution in [0.4, 0.5) is 0 Å². The van der Waals surface area contributed by atoms with Gasteiger partial charge in [0.05, 0.1) is 0 Å². The molecular formula is C5H12O2Si. The summed E-state index contributed by atoms with van der Waals surface area (Å²) >= 11 is 0. The van der Waals surface area contributed by atoms with Gasteiger partial charge in [-0.1, -0.05) is 5.70 Å². The minimum atomic E-state index is -0.498. The van der Waals surface area contributed by atoms with Crippen molar-refractivity contribution < 1.29 is 9.16 Å². The molecule has 0 aromatic heterocycles. The van der Waals surface area contributed by atoms with Gasteiger partial charge in [-0.25, -0.2) is 0 Å². The van der Waals surface area contributed by atoms with Crippen molar-refractivity contribution in [3.8, 4) is 0 Å². The summed E-state index contributed by atoms with van der Waals surface area (Å²) in [5.41, 5.74) is 1.83. The minimum absolute atomic E-state index is 0.0559. The lowest BCUT2D eigenvalue weighted by Crippen LogP contribution is -2.11. The maximum Gasteiger partial charge on any atom is 0.188 e. The molecule has 0 fully saturated rings. The summed E-state index contributed by atoms with van der Waals surface area (Å²) in [6.45, 7) is 5.42. The molecule has 0 N–H and O–H groups in total. The van der Waals surface area contributed by atoms with E-state index in [1.54, 1.807) is 7.11 Å². The third-order valence-electron chi connectivity index (χ3n) is 0.781. The van der Waals surface area contributed by atoms with Gasteiger partial charge in [-0.15, -0.1) is 6.58 Å². The van der Waals surface area contributed by atoms with Crippen LogP contribution in [0.5, 0.6) is 0 Å². The predicted molar refractivity (Wildman–Crippen MR) is 36.3 cm³/mol. The van der Waals surface area contributed by atoms with Gasteiger partial charge < -0.3 is 9.16 Å². The van der Waals surface area contributed by atoms with Crippen LogP contribution in [0.25, 0.3) is 0 Å². The second-order valence-electron chi connectivity index (χ2n) is 1.43. The zero-order chi connectivity index (χ0) is 6.41. The molecule has 0 aliphatic rings. The summed E-state index contributed by atoms with van der Waals surface area (Å²) in [5, 5.41) is 0. The first-order valence-corrected chi connectivity index (χ1v) is 3.96. The molecule has 2 nitrogen and oxygen atoms in total. The van der Waals surface area contributed by atoms with Crippen molar-refractivity contribution in [2.24, 2.45) is 0 Å². The van der Waals surface area contributed by atoms with E-state index in [9.17, 15) is 0 Å². The molecule has 1 unspecified atom stereocenters. The second-order valence-corrected chi connectivity index (χ2v) is 2.67. The Balaban J connectivity index is 2.97. The Morgan fingerprint density at radius 1 is 1.75 bits per heavy atom. The third kappa shape index (κ3) is 4.05. The molecule has 0 bridgehead atoms. The van der Waals surface area contributed by atoms with E-state index in [1.165, 1.54) is 0 Å². The highest BCUT2D eigenvalue weighted by Crippen LogP contribution is 1.86. The topological polar surface area (TPSA) is 18.5 Å². The van der Waals surface area contributed by atoms with E-state index in [1.807, 2.05) is 12.6 Å². The highest BCUT2D eigenvalue weighted by molar-refractivity contribution is 6.34. The number of hydrogen-bond donors (Lipinski definition) is 0. The monoisotopic (exact) mass is 132 g/mol. The van der Waals surface area contributed by atoms with Gasteiger partial charge in [0.1, 0.15) is 6.29 Å². The largest absolute Gasteiger partial charge is 0.395 e. The Bertz CT molecular complexity index is 65.4. The summed E-state index contributed by atoms with van der Waals surface area (Å²) in [5.74, 6) is 0. The molecule has 0 aliphatic heterocycles. The number of ether oxygens (including phenoxy) is 1. The van der Waals surface area contributed by atoms with Gasteiger partial charge in [0, 0.05) is 7.11 Å². The molecule has 0 aliphatic carbocycles. The van der Waals surface area contributed by atoms with E-state index in [2.05, 4.69) is 6.58 Å². The van der Waals surface area contributed by atoms with Crippen molar-refractivity contribution in [3.63, 3.8) is 0 Å². The van der Waals surface area contributed by atoms with Crippen molar-refractivity contribution in [1.82, 2.24) is 0 Å². The molecule has 0 rings (SSSR count). The molecule has 3 heteroatoms. The average molecular weight is 132 g/mol. The molecule has 8 heavy (non-hydrogen) atoms. The molecule has 0 radical (unpaired) electrons. The van der Waals surface area contributed by atoms with Gasteiger partial charge in [-0.3, -0.25) is 0 Å². The number of hydrogen-bond acceptors (Lipinski definition) is 2. The van der Waals surface area contributed by atoms with E-state index in [0.717, 1.165) is 0 Å². The quantitative estimate of drug-likeness (QED) is 0.402. The molecule has 0 amide bonds. The lowest BCUT2D eigenvalue weighted by atomic mass is 10.8. The van der Waals surface area contributed by atoms with E-state index < -0.39 is 9.76 Å². The van der Waals surface area contributed by atoms with Gasteiger partial charge in [0.25, 0.3) is 0 Å². The number of methoxy groups -OCH3 is 1. The van der Waals surface area contributed by atoms with Crippen LogP contribution in [0.2, 0.25) is 0 Å². The standard InChI is InChI=1S/C5H12O2Si/c1-4-8-7-5(2)6-3/h4-5H,1,8H2,2-3H3. The molecule has 0 spiro atoms. The Kier molecular flexibility index (Phi) is 4.95. The van der Waals surface area contributed by atoms with Gasteiger partial charge in [-0.2, -0.15) is 0 Å². The smallest absolute Gasteiger partial charge is 0.188 e. The van der Waals surface area contributed by atoms with E-state index in [4.69, 9.17) is 9.16 Å². The molecule has 0 aromatic rings. The van der Waals surface area contributed by atoms with Crippen LogP contribution in [-0.2, 0) is 9.16 Å². The van der Waals surface area contributed by atoms with E-state index in [0.29, 0.717) is 0 Å². The molecule has 0 saturated carbocycles. The molecule has 1 atom stereocenters. The highest BCUT2D eigenvalue weighted by Gasteiger charge is 1.92. The Hall–Kier alpha value is -0.123. The average Bonchev–Trinajstić information content (AvgIpc) is 1.83. The fraction of sp³-hybridized carbons (Fsp3) is 0.600. The molecule has 0 saturated heterocycles. The zero-order valence-electron chi connectivity index (χ0n) is 5.39. The first-order chi connectivity index (χ1) is 3.81. The summed E-state index contributed by atoms with van der Waals surface area (Å²) in [6, 6.07) is 0. The van der Waals surface area contributed by atoms with Crippen LogP contribution in [0, 0.1) is 0 Å². The van der Waals surface area contributed by atoms with Gasteiger partial charge in [0.2, 0.25) is 0 Å². The van der Waals surface area contributed by atoms with Crippen LogP contribution in [-0.4, -0.2) is 23.2 Å². The van der Waals surface area contributed by atoms with Crippen LogP contribution >= 0.6 is 0 Å². The van der Waals surface area contributed by atoms with Crippen molar-refractivity contribution >= 4 is 9.76 Å². The maximum absolute atomic E-state index is 5.14. The zero-order valence-corrected chi connectivity index (χ0v) is 6.80. The summed E-state index contributed by atoms with van der Waals surface area (Å²) in [4.78, 5) is 0. The fourth-order valence-corrected chi connectivity index (χ4v) is 0.815. The van der Waals surface area contributed by atoms with Crippen molar-refractivity contribution in [1.29, 1.82) is 0 Å². The highest BCUT2D eigenvalue weighted by atomic mass is 28.2. The summed E-state index contributed by atoms with van der Waals surface area (Å²) in [7, 11) is 1.13. The minimum Gasteiger partial charge on any atom is -0.395 e. The lowest BCUT2D eigenvalue weighted by molar-refractivity contribution is -0.0358. The van der Waals surface area contributed by atoms with Crippen LogP contribution in [0.3, 0.4) is 0 Å². The SMILES string of the molecule is C=C[SiH2]OC(C)OC. The molecule has 0 aromatic carbocycles. The van der Waals surface area contributed by atoms with E-state index >= 15 is 0 Å². The van der Waals surface area contributed by atoms with Crippen molar-refractivity contribution in [2.45, 2.75) is 13.2 Å². The fourth-order valence-electron chi connectivity index (χ4n) is 0.272. The molecular weight excluding hydrogens is 120 g/mol. The lowest BCUT2D eigenvalue weighted by Gasteiger charge is -2.07. The van der Waals surface area contributed by atoms with E-state index in [-0.39, 0.29) is 6.29 Å². The first kappa shape index (κ1) is 7.88. The van der Waals surface area contributed by atoms with Gasteiger partial charge >= 0.3 is 0 Å². The van der Waals surface area contributed by atoms with Gasteiger partial charge in [0.15, 0.2) is 9.76 Å². The summed E-state index contributed by atoms with van der Waals surface area (Å²) < 4.78 is 9.96.